The van der Waals surface area contributed by atoms with Crippen molar-refractivity contribution in [3.8, 4) is 0 Å². The van der Waals surface area contributed by atoms with Gasteiger partial charge in [0.1, 0.15) is 12.2 Å². The van der Waals surface area contributed by atoms with Crippen molar-refractivity contribution in [3.05, 3.63) is 0 Å². The van der Waals surface area contributed by atoms with E-state index in [1.165, 1.54) is 13.8 Å². The van der Waals surface area contributed by atoms with E-state index in [9.17, 15) is 9.59 Å². The van der Waals surface area contributed by atoms with Gasteiger partial charge < -0.3 is 19.7 Å². The van der Waals surface area contributed by atoms with E-state index in [0.29, 0.717) is 13.2 Å². The minimum Gasteiger partial charge on any atom is -0.464 e. The number of ether oxygens (including phenoxy) is 2. The second-order valence-corrected chi connectivity index (χ2v) is 5.10. The number of esters is 2. The maximum Gasteiger partial charge on any atom is 0.334 e. The van der Waals surface area contributed by atoms with Crippen LogP contribution in [0.15, 0.2) is 0 Å². The smallest absolute Gasteiger partial charge is 0.334 e. The Kier molecular flexibility index (Phi) is 17.1. The van der Waals surface area contributed by atoms with Gasteiger partial charge in [0.05, 0.1) is 13.2 Å². The number of hydrogen-bond acceptors (Lipinski definition) is 6. The van der Waals surface area contributed by atoms with Crippen LogP contribution >= 0.6 is 0 Å². The van der Waals surface area contributed by atoms with E-state index in [1.54, 1.807) is 0 Å². The van der Waals surface area contributed by atoms with Gasteiger partial charge in [0.15, 0.2) is 0 Å². The molecular weight excluding hydrogens is 288 g/mol. The zero-order valence-corrected chi connectivity index (χ0v) is 14.3. The molecule has 0 aromatic rings. The zero-order chi connectivity index (χ0) is 17.4. The molecule has 0 rings (SSSR count). The van der Waals surface area contributed by atoms with Crippen LogP contribution in [0.5, 0.6) is 0 Å². The molecule has 0 aliphatic carbocycles. The molecule has 0 saturated carbocycles. The highest BCUT2D eigenvalue weighted by Crippen LogP contribution is 1.96. The van der Waals surface area contributed by atoms with Crippen LogP contribution in [-0.2, 0) is 19.1 Å². The summed E-state index contributed by atoms with van der Waals surface area (Å²) >= 11 is 0. The molecule has 0 aromatic carbocycles. The Morgan fingerprint density at radius 2 is 1.09 bits per heavy atom. The van der Waals surface area contributed by atoms with Gasteiger partial charge in [-0.2, -0.15) is 0 Å². The molecule has 0 spiro atoms. The number of aliphatic hydroxyl groups is 2. The molecule has 2 unspecified atom stereocenters. The van der Waals surface area contributed by atoms with Crippen molar-refractivity contribution in [3.63, 3.8) is 0 Å². The highest BCUT2D eigenvalue weighted by atomic mass is 16.5. The quantitative estimate of drug-likeness (QED) is 0.473. The lowest BCUT2D eigenvalue weighted by Gasteiger charge is -2.04. The van der Waals surface area contributed by atoms with Crippen molar-refractivity contribution in [2.45, 2.75) is 78.4 Å². The molecule has 6 heteroatoms. The number of rotatable bonds is 10. The van der Waals surface area contributed by atoms with Crippen molar-refractivity contribution < 1.29 is 29.3 Å². The molecule has 2 atom stereocenters. The maximum absolute atomic E-state index is 10.6. The first-order valence-electron chi connectivity index (χ1n) is 8.06. The summed E-state index contributed by atoms with van der Waals surface area (Å²) in [5, 5.41) is 17.4. The van der Waals surface area contributed by atoms with Crippen molar-refractivity contribution in [1.82, 2.24) is 0 Å². The van der Waals surface area contributed by atoms with Gasteiger partial charge in [0.2, 0.25) is 0 Å². The average Bonchev–Trinajstić information content (AvgIpc) is 2.48. The van der Waals surface area contributed by atoms with Gasteiger partial charge in [-0.25, -0.2) is 9.59 Å². The molecule has 22 heavy (non-hydrogen) atoms. The van der Waals surface area contributed by atoms with Crippen LogP contribution in [0.1, 0.15) is 66.2 Å². The first kappa shape index (κ1) is 23.1. The molecule has 0 amide bonds. The highest BCUT2D eigenvalue weighted by molar-refractivity contribution is 5.74. The molecule has 0 aliphatic heterocycles. The molecule has 2 N–H and O–H groups in total. The molecule has 0 aliphatic rings. The molecule has 0 bridgehead atoms. The van der Waals surface area contributed by atoms with E-state index >= 15 is 0 Å². The van der Waals surface area contributed by atoms with Crippen LogP contribution < -0.4 is 0 Å². The van der Waals surface area contributed by atoms with E-state index in [2.05, 4.69) is 13.8 Å². The number of hydrogen-bond donors (Lipinski definition) is 2. The van der Waals surface area contributed by atoms with Crippen LogP contribution in [0.2, 0.25) is 0 Å². The molecular formula is C16H32O6. The first-order chi connectivity index (χ1) is 10.4. The molecule has 0 heterocycles. The van der Waals surface area contributed by atoms with Crippen LogP contribution in [0.4, 0.5) is 0 Å². The second kappa shape index (κ2) is 16.2. The predicted molar refractivity (Wildman–Crippen MR) is 84.3 cm³/mol. The van der Waals surface area contributed by atoms with Crippen molar-refractivity contribution >= 4 is 11.9 Å². The van der Waals surface area contributed by atoms with Gasteiger partial charge in [-0.05, 0) is 26.7 Å². The lowest BCUT2D eigenvalue weighted by atomic mass is 10.3. The Hall–Kier alpha value is -1.14. The van der Waals surface area contributed by atoms with Crippen LogP contribution in [-0.4, -0.2) is 47.6 Å². The van der Waals surface area contributed by atoms with Crippen LogP contribution in [0, 0.1) is 0 Å². The van der Waals surface area contributed by atoms with Crippen molar-refractivity contribution in [2.24, 2.45) is 0 Å². The minimum absolute atomic E-state index is 0.428. The van der Waals surface area contributed by atoms with Crippen LogP contribution in [0.3, 0.4) is 0 Å². The summed E-state index contributed by atoms with van der Waals surface area (Å²) in [4.78, 5) is 21.3. The summed E-state index contributed by atoms with van der Waals surface area (Å²) in [5.41, 5.74) is 0. The third-order valence-corrected chi connectivity index (χ3v) is 2.67. The Balaban J connectivity index is 0. The fourth-order valence-corrected chi connectivity index (χ4v) is 1.29. The predicted octanol–water partition coefficient (Wildman–Crippen LogP) is 2.20. The van der Waals surface area contributed by atoms with E-state index in [-0.39, 0.29) is 0 Å². The topological polar surface area (TPSA) is 93.1 Å². The fraction of sp³-hybridized carbons (Fsp3) is 0.875. The lowest BCUT2D eigenvalue weighted by molar-refractivity contribution is -0.153. The van der Waals surface area contributed by atoms with Crippen LogP contribution in [0.25, 0.3) is 0 Å². The summed E-state index contributed by atoms with van der Waals surface area (Å²) in [7, 11) is 0. The number of aliphatic hydroxyl groups excluding tert-OH is 2. The Morgan fingerprint density at radius 3 is 1.32 bits per heavy atom. The molecule has 132 valence electrons. The standard InChI is InChI=1S/2C8H16O3/c2*1-3-4-5-6-11-8(10)7(2)9/h2*7,9H,3-6H2,1-2H3. The zero-order valence-electron chi connectivity index (χ0n) is 14.3. The lowest BCUT2D eigenvalue weighted by Crippen LogP contribution is -2.19. The molecule has 6 nitrogen and oxygen atoms in total. The van der Waals surface area contributed by atoms with Crippen molar-refractivity contribution in [1.29, 1.82) is 0 Å². The summed E-state index contributed by atoms with van der Waals surface area (Å²) in [6.45, 7) is 7.83. The monoisotopic (exact) mass is 320 g/mol. The summed E-state index contributed by atoms with van der Waals surface area (Å²) in [6, 6.07) is 0. The summed E-state index contributed by atoms with van der Waals surface area (Å²) in [6.07, 6.45) is 4.12. The van der Waals surface area contributed by atoms with Gasteiger partial charge in [0, 0.05) is 0 Å². The Bertz CT molecular complexity index is 248. The fourth-order valence-electron chi connectivity index (χ4n) is 1.29. The van der Waals surface area contributed by atoms with Gasteiger partial charge in [-0.1, -0.05) is 39.5 Å². The largest absolute Gasteiger partial charge is 0.464 e. The summed E-state index contributed by atoms with van der Waals surface area (Å²) < 4.78 is 9.43. The molecule has 0 radical (unpaired) electrons. The highest BCUT2D eigenvalue weighted by Gasteiger charge is 2.09. The van der Waals surface area contributed by atoms with E-state index in [0.717, 1.165) is 38.5 Å². The molecule has 0 aromatic heterocycles. The minimum atomic E-state index is -0.989. The third-order valence-electron chi connectivity index (χ3n) is 2.67. The van der Waals surface area contributed by atoms with E-state index in [1.807, 2.05) is 0 Å². The first-order valence-corrected chi connectivity index (χ1v) is 8.06. The Morgan fingerprint density at radius 1 is 0.773 bits per heavy atom. The maximum atomic E-state index is 10.6. The third kappa shape index (κ3) is 16.9. The SMILES string of the molecule is CCCCCOC(=O)C(C)O.CCCCCOC(=O)C(C)O. The van der Waals surface area contributed by atoms with Gasteiger partial charge in [0.25, 0.3) is 0 Å². The number of unbranched alkanes of at least 4 members (excludes halogenated alkanes) is 4. The summed E-state index contributed by atoms with van der Waals surface area (Å²) in [5.74, 6) is -1.05. The Labute approximate surface area is 133 Å². The molecule has 0 fully saturated rings. The average molecular weight is 320 g/mol. The van der Waals surface area contributed by atoms with E-state index in [4.69, 9.17) is 19.7 Å². The normalized spacial score (nSPS) is 12.6. The van der Waals surface area contributed by atoms with Gasteiger partial charge in [-0.15, -0.1) is 0 Å². The number of carbonyl (C=O) groups is 2. The number of carbonyl (C=O) groups excluding carboxylic acids is 2. The molecule has 0 saturated heterocycles. The van der Waals surface area contributed by atoms with E-state index < -0.39 is 24.1 Å². The second-order valence-electron chi connectivity index (χ2n) is 5.10. The van der Waals surface area contributed by atoms with Crippen molar-refractivity contribution in [2.75, 3.05) is 13.2 Å². The van der Waals surface area contributed by atoms with Gasteiger partial charge >= 0.3 is 11.9 Å². The van der Waals surface area contributed by atoms with Gasteiger partial charge in [-0.3, -0.25) is 0 Å².